The van der Waals surface area contributed by atoms with Gasteiger partial charge in [0, 0.05) is 12.1 Å². The normalized spacial score (nSPS) is 11.7. The molecule has 27 heavy (non-hydrogen) atoms. The Morgan fingerprint density at radius 1 is 1.15 bits per heavy atom. The van der Waals surface area contributed by atoms with Crippen molar-refractivity contribution in [3.05, 3.63) is 53.1 Å². The fourth-order valence-electron chi connectivity index (χ4n) is 2.78. The average molecular weight is 381 g/mol. The van der Waals surface area contributed by atoms with Crippen molar-refractivity contribution in [2.75, 3.05) is 13.7 Å². The Morgan fingerprint density at radius 2 is 1.85 bits per heavy atom. The highest BCUT2D eigenvalue weighted by Gasteiger charge is 2.31. The number of alkyl halides is 3. The lowest BCUT2D eigenvalue weighted by Crippen LogP contribution is -2.22. The molecule has 0 aromatic heterocycles. The fourth-order valence-corrected chi connectivity index (χ4v) is 2.78. The maximum Gasteiger partial charge on any atom is 0.416 e. The van der Waals surface area contributed by atoms with E-state index in [1.54, 1.807) is 6.07 Å². The van der Waals surface area contributed by atoms with Gasteiger partial charge in [0.1, 0.15) is 5.75 Å². The highest BCUT2D eigenvalue weighted by Crippen LogP contribution is 2.38. The largest absolute Gasteiger partial charge is 0.496 e. The molecule has 0 aliphatic heterocycles. The van der Waals surface area contributed by atoms with Crippen molar-refractivity contribution in [2.24, 2.45) is 0 Å². The van der Waals surface area contributed by atoms with Crippen LogP contribution in [0.1, 0.15) is 36.5 Å². The maximum absolute atomic E-state index is 13.1. The first-order valence-electron chi connectivity index (χ1n) is 8.44. The quantitative estimate of drug-likeness (QED) is 0.731. The number of carboxylic acids is 1. The molecule has 7 heteroatoms. The molecule has 4 nitrogen and oxygen atoms in total. The number of ether oxygens (including phenoxy) is 1. The summed E-state index contributed by atoms with van der Waals surface area (Å²) in [6, 6.07) is 9.08. The van der Waals surface area contributed by atoms with Crippen molar-refractivity contribution in [3.63, 3.8) is 0 Å². The minimum absolute atomic E-state index is 0.0133. The third-order valence-corrected chi connectivity index (χ3v) is 4.20. The third-order valence-electron chi connectivity index (χ3n) is 4.20. The highest BCUT2D eigenvalue weighted by molar-refractivity contribution is 5.75. The Kier molecular flexibility index (Phi) is 6.49. The van der Waals surface area contributed by atoms with Gasteiger partial charge in [0.2, 0.25) is 0 Å². The molecule has 0 spiro atoms. The smallest absolute Gasteiger partial charge is 0.416 e. The van der Waals surface area contributed by atoms with Crippen molar-refractivity contribution < 1.29 is 27.8 Å². The zero-order valence-corrected chi connectivity index (χ0v) is 15.4. The second-order valence-corrected chi connectivity index (χ2v) is 6.48. The monoisotopic (exact) mass is 381 g/mol. The standard InChI is InChI=1S/C20H22F3NO3/c1-12(2)13-4-7-18(27-3)17(9-13)16-6-5-15(20(21,22)23)8-14(16)10-24-11-19(25)26/h4-9,12,24H,10-11H2,1-3H3,(H,25,26). The second-order valence-electron chi connectivity index (χ2n) is 6.48. The van der Waals surface area contributed by atoms with E-state index in [9.17, 15) is 18.0 Å². The molecule has 2 aromatic carbocycles. The molecule has 0 fully saturated rings. The van der Waals surface area contributed by atoms with Gasteiger partial charge in [0.15, 0.2) is 0 Å². The summed E-state index contributed by atoms with van der Waals surface area (Å²) in [6.07, 6.45) is -4.48. The van der Waals surface area contributed by atoms with Gasteiger partial charge in [-0.05, 0) is 46.9 Å². The molecule has 0 bridgehead atoms. The molecule has 0 aliphatic rings. The van der Waals surface area contributed by atoms with Gasteiger partial charge in [-0.3, -0.25) is 4.79 Å². The van der Waals surface area contributed by atoms with E-state index in [-0.39, 0.29) is 19.0 Å². The van der Waals surface area contributed by atoms with Crippen molar-refractivity contribution in [1.82, 2.24) is 5.32 Å². The van der Waals surface area contributed by atoms with Crippen LogP contribution in [0.5, 0.6) is 5.75 Å². The summed E-state index contributed by atoms with van der Waals surface area (Å²) in [5, 5.41) is 11.4. The Bertz CT molecular complexity index is 817. The van der Waals surface area contributed by atoms with Crippen LogP contribution in [0.25, 0.3) is 11.1 Å². The van der Waals surface area contributed by atoms with Crippen LogP contribution in [0.3, 0.4) is 0 Å². The number of rotatable bonds is 7. The second kappa shape index (κ2) is 8.43. The molecule has 0 saturated heterocycles. The number of benzene rings is 2. The van der Waals surface area contributed by atoms with Crippen LogP contribution < -0.4 is 10.1 Å². The number of hydrogen-bond acceptors (Lipinski definition) is 3. The van der Waals surface area contributed by atoms with Crippen molar-refractivity contribution in [1.29, 1.82) is 0 Å². The fraction of sp³-hybridized carbons (Fsp3) is 0.350. The number of carbonyl (C=O) groups is 1. The lowest BCUT2D eigenvalue weighted by Gasteiger charge is -2.18. The molecule has 0 aliphatic carbocycles. The average Bonchev–Trinajstić information content (AvgIpc) is 2.60. The SMILES string of the molecule is COc1ccc(C(C)C)cc1-c1ccc(C(F)(F)F)cc1CNCC(=O)O. The lowest BCUT2D eigenvalue weighted by atomic mass is 9.92. The van der Waals surface area contributed by atoms with Gasteiger partial charge < -0.3 is 15.2 Å². The minimum atomic E-state index is -4.48. The lowest BCUT2D eigenvalue weighted by molar-refractivity contribution is -0.138. The molecule has 146 valence electrons. The molecule has 2 aromatic rings. The molecule has 2 N–H and O–H groups in total. The number of halogens is 3. The first kappa shape index (κ1) is 20.8. The first-order chi connectivity index (χ1) is 12.6. The number of carboxylic acid groups (broad SMARTS) is 1. The summed E-state index contributed by atoms with van der Waals surface area (Å²) in [7, 11) is 1.50. The number of nitrogens with one attached hydrogen (secondary N) is 1. The Labute approximate surface area is 156 Å². The third kappa shape index (κ3) is 5.23. The van der Waals surface area contributed by atoms with Crippen molar-refractivity contribution >= 4 is 5.97 Å². The zero-order chi connectivity index (χ0) is 20.2. The van der Waals surface area contributed by atoms with Gasteiger partial charge in [0.05, 0.1) is 19.2 Å². The molecular formula is C20H22F3NO3. The molecular weight excluding hydrogens is 359 g/mol. The topological polar surface area (TPSA) is 58.6 Å². The van der Waals surface area contributed by atoms with Crippen LogP contribution in [0.4, 0.5) is 13.2 Å². The predicted molar refractivity (Wildman–Crippen MR) is 96.9 cm³/mol. The summed E-state index contributed by atoms with van der Waals surface area (Å²) in [5.74, 6) is -0.306. The summed E-state index contributed by atoms with van der Waals surface area (Å²) in [5.41, 5.74) is 1.84. The summed E-state index contributed by atoms with van der Waals surface area (Å²) >= 11 is 0. The molecule has 2 rings (SSSR count). The molecule has 0 unspecified atom stereocenters. The first-order valence-corrected chi connectivity index (χ1v) is 8.44. The molecule has 0 amide bonds. The number of methoxy groups -OCH3 is 1. The van der Waals surface area contributed by atoms with Gasteiger partial charge in [-0.2, -0.15) is 13.2 Å². The van der Waals surface area contributed by atoms with E-state index in [1.165, 1.54) is 13.2 Å². The highest BCUT2D eigenvalue weighted by atomic mass is 19.4. The summed E-state index contributed by atoms with van der Waals surface area (Å²) in [6.45, 7) is 3.68. The van der Waals surface area contributed by atoms with Crippen LogP contribution in [0.15, 0.2) is 36.4 Å². The zero-order valence-electron chi connectivity index (χ0n) is 15.4. The van der Waals surface area contributed by atoms with Crippen LogP contribution in [0.2, 0.25) is 0 Å². The molecule has 0 radical (unpaired) electrons. The Hall–Kier alpha value is -2.54. The molecule has 0 heterocycles. The molecule has 0 saturated carbocycles. The van der Waals surface area contributed by atoms with Gasteiger partial charge in [-0.1, -0.05) is 26.0 Å². The van der Waals surface area contributed by atoms with Crippen LogP contribution in [0, 0.1) is 0 Å². The van der Waals surface area contributed by atoms with E-state index >= 15 is 0 Å². The summed E-state index contributed by atoms with van der Waals surface area (Å²) < 4.78 is 44.8. The van der Waals surface area contributed by atoms with E-state index in [1.807, 2.05) is 26.0 Å². The number of hydrogen-bond donors (Lipinski definition) is 2. The van der Waals surface area contributed by atoms with Gasteiger partial charge in [-0.15, -0.1) is 0 Å². The van der Waals surface area contributed by atoms with Crippen molar-refractivity contribution in [2.45, 2.75) is 32.5 Å². The van der Waals surface area contributed by atoms with E-state index in [4.69, 9.17) is 9.84 Å². The van der Waals surface area contributed by atoms with Gasteiger partial charge >= 0.3 is 12.1 Å². The minimum Gasteiger partial charge on any atom is -0.496 e. The predicted octanol–water partition coefficient (Wildman–Crippen LogP) is 4.68. The van der Waals surface area contributed by atoms with Crippen LogP contribution >= 0.6 is 0 Å². The maximum atomic E-state index is 13.1. The van der Waals surface area contributed by atoms with Crippen LogP contribution in [-0.2, 0) is 17.5 Å². The van der Waals surface area contributed by atoms with Crippen molar-refractivity contribution in [3.8, 4) is 16.9 Å². The summed E-state index contributed by atoms with van der Waals surface area (Å²) in [4.78, 5) is 10.7. The van der Waals surface area contributed by atoms with E-state index < -0.39 is 17.7 Å². The Balaban J connectivity index is 2.57. The van der Waals surface area contributed by atoms with Crippen LogP contribution in [-0.4, -0.2) is 24.7 Å². The van der Waals surface area contributed by atoms with E-state index in [2.05, 4.69) is 5.32 Å². The van der Waals surface area contributed by atoms with Gasteiger partial charge in [0.25, 0.3) is 0 Å². The van der Waals surface area contributed by atoms with Gasteiger partial charge in [-0.25, -0.2) is 0 Å². The van der Waals surface area contributed by atoms with E-state index in [0.29, 0.717) is 22.4 Å². The van der Waals surface area contributed by atoms with E-state index in [0.717, 1.165) is 17.7 Å². The number of aliphatic carboxylic acids is 1. The molecule has 0 atom stereocenters. The Morgan fingerprint density at radius 3 is 2.41 bits per heavy atom.